The lowest BCUT2D eigenvalue weighted by molar-refractivity contribution is -0.154. The first-order valence-electron chi connectivity index (χ1n) is 4.72. The first-order valence-corrected chi connectivity index (χ1v) is 4.72. The van der Waals surface area contributed by atoms with Gasteiger partial charge in [0.2, 0.25) is 0 Å². The Morgan fingerprint density at radius 2 is 2.10 bits per heavy atom. The second kappa shape index (κ2) is 1.31. The summed E-state index contributed by atoms with van der Waals surface area (Å²) in [4.78, 5) is 0. The zero-order valence-electron chi connectivity index (χ0n) is 6.93. The molecule has 0 heterocycles. The van der Waals surface area contributed by atoms with E-state index in [-0.39, 0.29) is 0 Å². The van der Waals surface area contributed by atoms with E-state index >= 15 is 0 Å². The summed E-state index contributed by atoms with van der Waals surface area (Å²) in [6.45, 7) is 4.98. The Labute approximate surface area is 63.0 Å². The summed E-state index contributed by atoms with van der Waals surface area (Å²) in [7, 11) is 0. The zero-order valence-corrected chi connectivity index (χ0v) is 6.93. The Hall–Kier alpha value is 0. The van der Waals surface area contributed by atoms with Crippen molar-refractivity contribution in [3.05, 3.63) is 0 Å². The van der Waals surface area contributed by atoms with E-state index in [0.717, 1.165) is 23.2 Å². The highest BCUT2D eigenvalue weighted by molar-refractivity contribution is 5.15. The van der Waals surface area contributed by atoms with E-state index in [4.69, 9.17) is 0 Å². The first-order chi connectivity index (χ1) is 4.72. The summed E-state index contributed by atoms with van der Waals surface area (Å²) in [6, 6.07) is 0. The van der Waals surface area contributed by atoms with Crippen LogP contribution in [-0.2, 0) is 0 Å². The molecule has 0 aliphatic heterocycles. The number of hydrogen-bond donors (Lipinski definition) is 0. The molecule has 0 aromatic heterocycles. The molecule has 0 aromatic rings. The van der Waals surface area contributed by atoms with Gasteiger partial charge in [0.1, 0.15) is 0 Å². The van der Waals surface area contributed by atoms with Gasteiger partial charge in [0.15, 0.2) is 0 Å². The van der Waals surface area contributed by atoms with Crippen LogP contribution in [0.1, 0.15) is 33.1 Å². The third-order valence-corrected chi connectivity index (χ3v) is 4.83. The highest BCUT2D eigenvalue weighted by atomic mass is 14.7. The molecular weight excluding hydrogens is 120 g/mol. The van der Waals surface area contributed by atoms with Crippen LogP contribution in [0.15, 0.2) is 0 Å². The second-order valence-corrected chi connectivity index (χ2v) is 5.11. The standard InChI is InChI=1S/C10H16/c1-6-7-3-4-10(2)5-8(6)9(7)10/h6-9H,3-5H2,1-2H3. The van der Waals surface area contributed by atoms with Crippen LogP contribution in [0.3, 0.4) is 0 Å². The maximum absolute atomic E-state index is 2.51. The zero-order chi connectivity index (χ0) is 6.93. The molecule has 0 aromatic carbocycles. The summed E-state index contributed by atoms with van der Waals surface area (Å²) < 4.78 is 0. The van der Waals surface area contributed by atoms with Crippen molar-refractivity contribution >= 4 is 0 Å². The van der Waals surface area contributed by atoms with Crippen molar-refractivity contribution < 1.29 is 0 Å². The molecule has 3 aliphatic rings. The minimum absolute atomic E-state index is 0.835. The summed E-state index contributed by atoms with van der Waals surface area (Å²) in [5.41, 5.74) is 0.835. The van der Waals surface area contributed by atoms with Crippen LogP contribution in [0, 0.1) is 29.1 Å². The van der Waals surface area contributed by atoms with Crippen molar-refractivity contribution in [1.29, 1.82) is 0 Å². The van der Waals surface area contributed by atoms with Crippen molar-refractivity contribution in [2.24, 2.45) is 29.1 Å². The van der Waals surface area contributed by atoms with Crippen LogP contribution >= 0.6 is 0 Å². The van der Waals surface area contributed by atoms with Crippen LogP contribution in [0.4, 0.5) is 0 Å². The largest absolute Gasteiger partial charge is 0.0620 e. The lowest BCUT2D eigenvalue weighted by Gasteiger charge is -2.63. The van der Waals surface area contributed by atoms with E-state index in [1.807, 2.05) is 0 Å². The maximum Gasteiger partial charge on any atom is -0.0289 e. The fourth-order valence-electron chi connectivity index (χ4n) is 4.21. The van der Waals surface area contributed by atoms with Gasteiger partial charge in [0.25, 0.3) is 0 Å². The molecule has 0 radical (unpaired) electrons. The third kappa shape index (κ3) is 0.360. The van der Waals surface area contributed by atoms with E-state index in [2.05, 4.69) is 13.8 Å². The van der Waals surface area contributed by atoms with Crippen LogP contribution < -0.4 is 0 Å². The lowest BCUT2D eigenvalue weighted by Crippen LogP contribution is -2.57. The van der Waals surface area contributed by atoms with Crippen LogP contribution in [0.5, 0.6) is 0 Å². The molecule has 3 saturated carbocycles. The van der Waals surface area contributed by atoms with Gasteiger partial charge >= 0.3 is 0 Å². The molecule has 56 valence electrons. The summed E-state index contributed by atoms with van der Waals surface area (Å²) in [6.07, 6.45) is 4.66. The molecule has 0 nitrogen and oxygen atoms in total. The van der Waals surface area contributed by atoms with Crippen LogP contribution in [0.25, 0.3) is 0 Å². The topological polar surface area (TPSA) is 0 Å². The molecule has 0 N–H and O–H groups in total. The Kier molecular flexibility index (Phi) is 0.735. The third-order valence-electron chi connectivity index (χ3n) is 4.83. The van der Waals surface area contributed by atoms with Gasteiger partial charge in [-0.2, -0.15) is 0 Å². The molecule has 3 aliphatic carbocycles. The normalized spacial score (nSPS) is 70.2. The quantitative estimate of drug-likeness (QED) is 0.480. The van der Waals surface area contributed by atoms with Crippen molar-refractivity contribution in [2.75, 3.05) is 0 Å². The molecule has 5 atom stereocenters. The SMILES string of the molecule is CC1C2CCC3(C)CC1C23. The molecule has 3 fully saturated rings. The minimum Gasteiger partial charge on any atom is -0.0620 e. The Morgan fingerprint density at radius 3 is 2.80 bits per heavy atom. The monoisotopic (exact) mass is 136 g/mol. The van der Waals surface area contributed by atoms with Crippen molar-refractivity contribution in [3.63, 3.8) is 0 Å². The molecule has 0 amide bonds. The highest BCUT2D eigenvalue weighted by Crippen LogP contribution is 2.74. The highest BCUT2D eigenvalue weighted by Gasteiger charge is 2.67. The fraction of sp³-hybridized carbons (Fsp3) is 1.00. The van der Waals surface area contributed by atoms with Gasteiger partial charge < -0.3 is 0 Å². The molecule has 0 spiro atoms. The summed E-state index contributed by atoms with van der Waals surface area (Å²) >= 11 is 0. The minimum atomic E-state index is 0.835. The van der Waals surface area contributed by atoms with Gasteiger partial charge in [-0.1, -0.05) is 13.8 Å². The summed E-state index contributed by atoms with van der Waals surface area (Å²) in [5, 5.41) is 0. The van der Waals surface area contributed by atoms with Crippen molar-refractivity contribution in [1.82, 2.24) is 0 Å². The van der Waals surface area contributed by atoms with Gasteiger partial charge in [-0.15, -0.1) is 0 Å². The lowest BCUT2D eigenvalue weighted by atomic mass is 9.41. The van der Waals surface area contributed by atoms with Gasteiger partial charge in [0.05, 0.1) is 0 Å². The number of rotatable bonds is 0. The molecular formula is C10H16. The van der Waals surface area contributed by atoms with Gasteiger partial charge in [-0.05, 0) is 48.3 Å². The molecule has 0 saturated heterocycles. The van der Waals surface area contributed by atoms with Crippen LogP contribution in [0.2, 0.25) is 0 Å². The first kappa shape index (κ1) is 5.62. The van der Waals surface area contributed by atoms with Crippen molar-refractivity contribution in [3.8, 4) is 0 Å². The summed E-state index contributed by atoms with van der Waals surface area (Å²) in [5.74, 6) is 4.60. The van der Waals surface area contributed by atoms with E-state index in [0.29, 0.717) is 0 Å². The van der Waals surface area contributed by atoms with Crippen molar-refractivity contribution in [2.45, 2.75) is 33.1 Å². The van der Waals surface area contributed by atoms with E-state index in [1.54, 1.807) is 19.3 Å². The Morgan fingerprint density at radius 1 is 1.30 bits per heavy atom. The molecule has 5 unspecified atom stereocenters. The predicted molar refractivity (Wildman–Crippen MR) is 41.6 cm³/mol. The Bertz CT molecular complexity index is 184. The van der Waals surface area contributed by atoms with Crippen LogP contribution in [-0.4, -0.2) is 0 Å². The maximum atomic E-state index is 2.51. The van der Waals surface area contributed by atoms with E-state index in [9.17, 15) is 0 Å². The molecule has 0 bridgehead atoms. The van der Waals surface area contributed by atoms with Gasteiger partial charge in [-0.3, -0.25) is 0 Å². The van der Waals surface area contributed by atoms with Gasteiger partial charge in [0, 0.05) is 0 Å². The second-order valence-electron chi connectivity index (χ2n) is 5.11. The average molecular weight is 136 g/mol. The fourth-order valence-corrected chi connectivity index (χ4v) is 4.21. The van der Waals surface area contributed by atoms with Gasteiger partial charge in [-0.25, -0.2) is 0 Å². The average Bonchev–Trinajstić information content (AvgIpc) is 1.99. The predicted octanol–water partition coefficient (Wildman–Crippen LogP) is 2.69. The van der Waals surface area contributed by atoms with E-state index < -0.39 is 0 Å². The van der Waals surface area contributed by atoms with E-state index in [1.165, 1.54) is 5.92 Å². The number of hydrogen-bond acceptors (Lipinski definition) is 0. The molecule has 0 heteroatoms. The molecule has 10 heavy (non-hydrogen) atoms. The molecule has 3 rings (SSSR count). The smallest absolute Gasteiger partial charge is 0.0289 e. The Balaban J connectivity index is 1.95.